The molecule has 1 unspecified atom stereocenters. The van der Waals surface area contributed by atoms with Crippen LogP contribution in [0, 0.1) is 5.41 Å². The van der Waals surface area contributed by atoms with Crippen LogP contribution in [0.3, 0.4) is 0 Å². The summed E-state index contributed by atoms with van der Waals surface area (Å²) in [6, 6.07) is 5.76. The minimum atomic E-state index is -0.806. The number of anilines is 1. The summed E-state index contributed by atoms with van der Waals surface area (Å²) < 4.78 is 5.67. The van der Waals surface area contributed by atoms with Crippen molar-refractivity contribution in [1.82, 2.24) is 25.4 Å². The van der Waals surface area contributed by atoms with Gasteiger partial charge in [-0.15, -0.1) is 11.3 Å². The highest BCUT2D eigenvalue weighted by Gasteiger charge is 2.53. The number of ketones is 1. The first-order valence-corrected chi connectivity index (χ1v) is 14.4. The Morgan fingerprint density at radius 3 is 2.46 bits per heavy atom. The van der Waals surface area contributed by atoms with Crippen molar-refractivity contribution < 1.29 is 19.1 Å². The van der Waals surface area contributed by atoms with Crippen LogP contribution in [0.2, 0.25) is 0 Å². The third-order valence-corrected chi connectivity index (χ3v) is 8.84. The molecule has 4 heterocycles. The molecule has 3 aliphatic rings. The number of hydrogen-bond donors (Lipinski definition) is 2. The third kappa shape index (κ3) is 5.58. The quantitative estimate of drug-likeness (QED) is 0.553. The van der Waals surface area contributed by atoms with E-state index in [-0.39, 0.29) is 36.4 Å². The number of nitrogens with zero attached hydrogens (tertiary/aromatic N) is 4. The molecule has 39 heavy (non-hydrogen) atoms. The maximum absolute atomic E-state index is 13.8. The second-order valence-electron chi connectivity index (χ2n) is 11.7. The lowest BCUT2D eigenvalue weighted by Crippen LogP contribution is -2.57. The van der Waals surface area contributed by atoms with Crippen molar-refractivity contribution in [3.63, 3.8) is 0 Å². The molecule has 3 aliphatic heterocycles. The van der Waals surface area contributed by atoms with Crippen LogP contribution < -0.4 is 15.5 Å². The molecule has 10 nitrogen and oxygen atoms in total. The average molecular weight is 555 g/mol. The Balaban J connectivity index is 1.28. The smallest absolute Gasteiger partial charge is 0.251 e. The molecule has 0 spiro atoms. The van der Waals surface area contributed by atoms with E-state index in [1.807, 2.05) is 38.3 Å². The van der Waals surface area contributed by atoms with E-state index < -0.39 is 17.5 Å². The van der Waals surface area contributed by atoms with Gasteiger partial charge in [0, 0.05) is 49.2 Å². The van der Waals surface area contributed by atoms with E-state index >= 15 is 0 Å². The first-order valence-electron chi connectivity index (χ1n) is 13.5. The lowest BCUT2D eigenvalue weighted by Gasteiger charge is -2.35. The zero-order valence-electron chi connectivity index (χ0n) is 23.3. The van der Waals surface area contributed by atoms with E-state index in [0.29, 0.717) is 12.1 Å². The number of fused-ring (bicyclic) bond motifs is 1. The van der Waals surface area contributed by atoms with Gasteiger partial charge < -0.3 is 30.1 Å². The van der Waals surface area contributed by atoms with Gasteiger partial charge in [-0.05, 0) is 31.6 Å². The Morgan fingerprint density at radius 1 is 1.13 bits per heavy atom. The fraction of sp³-hybridized carbons (Fsp3) is 0.571. The van der Waals surface area contributed by atoms with Gasteiger partial charge in [0.2, 0.25) is 5.91 Å². The highest BCUT2D eigenvalue weighted by atomic mass is 32.1. The van der Waals surface area contributed by atoms with Crippen LogP contribution in [0.4, 0.5) is 5.13 Å². The summed E-state index contributed by atoms with van der Waals surface area (Å²) in [4.78, 5) is 50.7. The van der Waals surface area contributed by atoms with E-state index in [4.69, 9.17) is 9.72 Å². The first kappa shape index (κ1) is 27.7. The molecule has 0 aliphatic carbocycles. The monoisotopic (exact) mass is 554 g/mol. The maximum Gasteiger partial charge on any atom is 0.251 e. The molecule has 4 atom stereocenters. The van der Waals surface area contributed by atoms with Crippen LogP contribution >= 0.6 is 11.3 Å². The second kappa shape index (κ2) is 11.0. The van der Waals surface area contributed by atoms with Crippen molar-refractivity contribution in [2.75, 3.05) is 58.3 Å². The Morgan fingerprint density at radius 2 is 1.82 bits per heavy atom. The number of amides is 2. The first-order chi connectivity index (χ1) is 18.6. The molecule has 0 radical (unpaired) electrons. The van der Waals surface area contributed by atoms with Gasteiger partial charge in [0.05, 0.1) is 11.7 Å². The van der Waals surface area contributed by atoms with E-state index in [2.05, 4.69) is 27.5 Å². The van der Waals surface area contributed by atoms with Crippen LogP contribution in [-0.2, 0) is 14.3 Å². The van der Waals surface area contributed by atoms with Crippen molar-refractivity contribution >= 4 is 34.1 Å². The summed E-state index contributed by atoms with van der Waals surface area (Å²) in [5.74, 6) is -0.697. The Hall–Kier alpha value is -2.86. The SMILES string of the molecule is CN[C@H]1CN(C(=O)C(NC(=O)c2ccc(-c3csc(N4CCN(C)CC4)n3)cc2)C(C)(C)C)[C@@H]2C(=O)CO[C@H]12. The number of aromatic nitrogens is 1. The molecule has 2 N–H and O–H groups in total. The predicted molar refractivity (Wildman–Crippen MR) is 151 cm³/mol. The fourth-order valence-corrected chi connectivity index (χ4v) is 6.39. The van der Waals surface area contributed by atoms with Gasteiger partial charge in [0.25, 0.3) is 5.91 Å². The number of nitrogens with one attached hydrogen (secondary N) is 2. The molecule has 11 heteroatoms. The molecular formula is C28H38N6O4S. The molecule has 0 saturated carbocycles. The lowest BCUT2D eigenvalue weighted by molar-refractivity contribution is -0.140. The summed E-state index contributed by atoms with van der Waals surface area (Å²) in [5.41, 5.74) is 1.72. The minimum Gasteiger partial charge on any atom is -0.366 e. The molecule has 1 aromatic carbocycles. The van der Waals surface area contributed by atoms with Gasteiger partial charge in [-0.1, -0.05) is 32.9 Å². The lowest BCUT2D eigenvalue weighted by atomic mass is 9.85. The van der Waals surface area contributed by atoms with Crippen molar-refractivity contribution in [2.45, 2.75) is 45.0 Å². The summed E-state index contributed by atoms with van der Waals surface area (Å²) >= 11 is 1.63. The highest BCUT2D eigenvalue weighted by Crippen LogP contribution is 2.31. The molecule has 1 aromatic heterocycles. The molecular weight excluding hydrogens is 516 g/mol. The van der Waals surface area contributed by atoms with Crippen molar-refractivity contribution in [3.8, 4) is 11.3 Å². The second-order valence-corrected chi connectivity index (χ2v) is 12.6. The van der Waals surface area contributed by atoms with Crippen LogP contribution in [0.15, 0.2) is 29.6 Å². The number of benzene rings is 1. The number of likely N-dealkylation sites (N-methyl/N-ethyl adjacent to an activating group) is 2. The molecule has 3 saturated heterocycles. The number of carbonyl (C=O) groups is 3. The average Bonchev–Trinajstić information content (AvgIpc) is 3.64. The van der Waals surface area contributed by atoms with Gasteiger partial charge in [-0.2, -0.15) is 0 Å². The number of thiazole rings is 1. The van der Waals surface area contributed by atoms with E-state index in [0.717, 1.165) is 42.6 Å². The summed E-state index contributed by atoms with van der Waals surface area (Å²) in [6.45, 7) is 10.1. The van der Waals surface area contributed by atoms with E-state index in [1.54, 1.807) is 35.4 Å². The van der Waals surface area contributed by atoms with Gasteiger partial charge in [0.1, 0.15) is 24.8 Å². The van der Waals surface area contributed by atoms with Crippen molar-refractivity contribution in [1.29, 1.82) is 0 Å². The number of piperazine rings is 1. The van der Waals surface area contributed by atoms with Crippen molar-refractivity contribution in [2.24, 2.45) is 5.41 Å². The topological polar surface area (TPSA) is 107 Å². The van der Waals surface area contributed by atoms with Crippen LogP contribution in [-0.4, -0.2) is 110 Å². The normalized spacial score (nSPS) is 24.6. The molecule has 2 aromatic rings. The number of carbonyl (C=O) groups excluding carboxylic acids is 3. The number of Topliss-reactive ketones (excluding diaryl/α,β-unsaturated/α-hetero) is 1. The predicted octanol–water partition coefficient (Wildman–Crippen LogP) is 1.47. The number of rotatable bonds is 6. The molecule has 2 amide bonds. The summed E-state index contributed by atoms with van der Waals surface area (Å²) in [7, 11) is 3.93. The van der Waals surface area contributed by atoms with E-state index in [9.17, 15) is 14.4 Å². The van der Waals surface area contributed by atoms with Gasteiger partial charge in [-0.25, -0.2) is 4.98 Å². The van der Waals surface area contributed by atoms with Crippen molar-refractivity contribution in [3.05, 3.63) is 35.2 Å². The Kier molecular flexibility index (Phi) is 7.78. The standard InChI is InChI=1S/C28H38N6O4S/c1-28(2,3)24(26(37)34-14-19(29-4)23-22(34)21(35)15-38-23)31-25(36)18-8-6-17(7-9-18)20-16-39-27(30-20)33-12-10-32(5)11-13-33/h6-9,16,19,22-24,29H,10-15H2,1-5H3,(H,31,36)/t19-,22+,23+,24?/m0/s1. The van der Waals surface area contributed by atoms with E-state index in [1.165, 1.54) is 0 Å². The van der Waals surface area contributed by atoms with Crippen LogP contribution in [0.1, 0.15) is 31.1 Å². The van der Waals surface area contributed by atoms with Crippen LogP contribution in [0.25, 0.3) is 11.3 Å². The fourth-order valence-electron chi connectivity index (χ4n) is 5.50. The minimum absolute atomic E-state index is 0.00599. The molecule has 5 rings (SSSR count). The summed E-state index contributed by atoms with van der Waals surface area (Å²) in [6.07, 6.45) is -0.363. The number of likely N-dealkylation sites (tertiary alicyclic amines) is 1. The molecule has 0 bridgehead atoms. The Bertz CT molecular complexity index is 1220. The number of ether oxygens (including phenoxy) is 1. The number of hydrogen-bond acceptors (Lipinski definition) is 9. The Labute approximate surface area is 233 Å². The van der Waals surface area contributed by atoms with Crippen LogP contribution in [0.5, 0.6) is 0 Å². The largest absolute Gasteiger partial charge is 0.366 e. The summed E-state index contributed by atoms with van der Waals surface area (Å²) in [5, 5.41) is 9.18. The zero-order chi connectivity index (χ0) is 27.9. The third-order valence-electron chi connectivity index (χ3n) is 7.94. The van der Waals surface area contributed by atoms with Gasteiger partial charge >= 0.3 is 0 Å². The maximum atomic E-state index is 13.8. The zero-order valence-corrected chi connectivity index (χ0v) is 24.1. The van der Waals surface area contributed by atoms with Gasteiger partial charge in [-0.3, -0.25) is 14.4 Å². The molecule has 210 valence electrons. The highest BCUT2D eigenvalue weighted by molar-refractivity contribution is 7.14. The van der Waals surface area contributed by atoms with Gasteiger partial charge in [0.15, 0.2) is 10.9 Å². The molecule has 3 fully saturated rings.